The second kappa shape index (κ2) is 7.68. The highest BCUT2D eigenvalue weighted by atomic mass is 35.5. The van der Waals surface area contributed by atoms with E-state index in [0.29, 0.717) is 0 Å². The van der Waals surface area contributed by atoms with Gasteiger partial charge in [0.25, 0.3) is 0 Å². The third-order valence-corrected chi connectivity index (χ3v) is 2.51. The van der Waals surface area contributed by atoms with Gasteiger partial charge < -0.3 is 16.4 Å². The lowest BCUT2D eigenvalue weighted by atomic mass is 10.1. The summed E-state index contributed by atoms with van der Waals surface area (Å²) >= 11 is 0. The zero-order chi connectivity index (χ0) is 12.8. The SMILES string of the molecule is Cc1cccc(NC(=O)CNC(=O)CN)c1C.Cl. The molecule has 0 bridgehead atoms. The first-order valence-electron chi connectivity index (χ1n) is 5.37. The fourth-order valence-electron chi connectivity index (χ4n) is 1.33. The summed E-state index contributed by atoms with van der Waals surface area (Å²) in [5, 5.41) is 5.15. The summed E-state index contributed by atoms with van der Waals surface area (Å²) in [6, 6.07) is 5.67. The first kappa shape index (κ1) is 16.4. The predicted octanol–water partition coefficient (Wildman–Crippen LogP) is 0.739. The Morgan fingerprint density at radius 1 is 1.22 bits per heavy atom. The van der Waals surface area contributed by atoms with E-state index in [2.05, 4.69) is 10.6 Å². The number of carbonyl (C=O) groups is 2. The van der Waals surface area contributed by atoms with Crippen LogP contribution in [0.15, 0.2) is 18.2 Å². The second-order valence-electron chi connectivity index (χ2n) is 3.78. The van der Waals surface area contributed by atoms with Crippen LogP contribution < -0.4 is 16.4 Å². The average molecular weight is 272 g/mol. The van der Waals surface area contributed by atoms with Crippen LogP contribution in [-0.4, -0.2) is 24.9 Å². The molecule has 0 fully saturated rings. The number of carbonyl (C=O) groups excluding carboxylic acids is 2. The lowest BCUT2D eigenvalue weighted by Gasteiger charge is -2.10. The number of benzene rings is 1. The summed E-state index contributed by atoms with van der Waals surface area (Å²) in [6.07, 6.45) is 0. The van der Waals surface area contributed by atoms with Crippen molar-refractivity contribution in [3.63, 3.8) is 0 Å². The van der Waals surface area contributed by atoms with Crippen molar-refractivity contribution in [1.29, 1.82) is 0 Å². The molecule has 4 N–H and O–H groups in total. The fraction of sp³-hybridized carbons (Fsp3) is 0.333. The molecule has 0 aliphatic heterocycles. The van der Waals surface area contributed by atoms with Crippen LogP contribution in [-0.2, 0) is 9.59 Å². The van der Waals surface area contributed by atoms with E-state index >= 15 is 0 Å². The summed E-state index contributed by atoms with van der Waals surface area (Å²) in [5.74, 6) is -0.610. The molecule has 0 radical (unpaired) electrons. The fourth-order valence-corrected chi connectivity index (χ4v) is 1.33. The van der Waals surface area contributed by atoms with Crippen LogP contribution in [0.3, 0.4) is 0 Å². The lowest BCUT2D eigenvalue weighted by Crippen LogP contribution is -2.36. The van der Waals surface area contributed by atoms with E-state index < -0.39 is 0 Å². The molecule has 0 saturated heterocycles. The van der Waals surface area contributed by atoms with Crippen molar-refractivity contribution < 1.29 is 9.59 Å². The summed E-state index contributed by atoms with van der Waals surface area (Å²) in [7, 11) is 0. The van der Waals surface area contributed by atoms with Gasteiger partial charge in [0.2, 0.25) is 11.8 Å². The van der Waals surface area contributed by atoms with E-state index in [1.54, 1.807) is 0 Å². The minimum Gasteiger partial charge on any atom is -0.346 e. The number of aryl methyl sites for hydroxylation is 1. The van der Waals surface area contributed by atoms with Gasteiger partial charge in [-0.3, -0.25) is 9.59 Å². The summed E-state index contributed by atoms with van der Waals surface area (Å²) in [6.45, 7) is 3.73. The molecule has 0 atom stereocenters. The average Bonchev–Trinajstić information content (AvgIpc) is 2.32. The van der Waals surface area contributed by atoms with Crippen molar-refractivity contribution in [2.45, 2.75) is 13.8 Å². The molecule has 1 rings (SSSR count). The van der Waals surface area contributed by atoms with Crippen molar-refractivity contribution >= 4 is 29.9 Å². The number of nitrogens with two attached hydrogens (primary N) is 1. The Bertz CT molecular complexity index is 435. The number of nitrogens with one attached hydrogen (secondary N) is 2. The Hall–Kier alpha value is -1.59. The molecular formula is C12H18ClN3O2. The number of rotatable bonds is 4. The highest BCUT2D eigenvalue weighted by Crippen LogP contribution is 2.17. The van der Waals surface area contributed by atoms with E-state index in [9.17, 15) is 9.59 Å². The van der Waals surface area contributed by atoms with Gasteiger partial charge in [0.1, 0.15) is 0 Å². The van der Waals surface area contributed by atoms with Crippen LogP contribution >= 0.6 is 12.4 Å². The minimum absolute atomic E-state index is 0. The Morgan fingerprint density at radius 3 is 2.50 bits per heavy atom. The Kier molecular flexibility index (Phi) is 7.00. The van der Waals surface area contributed by atoms with Crippen LogP contribution in [0.4, 0.5) is 5.69 Å². The Morgan fingerprint density at radius 2 is 1.89 bits per heavy atom. The third kappa shape index (κ3) is 4.73. The van der Waals surface area contributed by atoms with Crippen molar-refractivity contribution in [3.05, 3.63) is 29.3 Å². The summed E-state index contributed by atoms with van der Waals surface area (Å²) in [5.41, 5.74) is 8.00. The molecule has 2 amide bonds. The van der Waals surface area contributed by atoms with Crippen LogP contribution in [0.25, 0.3) is 0 Å². The van der Waals surface area contributed by atoms with Gasteiger partial charge in [0.15, 0.2) is 0 Å². The molecule has 1 aromatic carbocycles. The molecule has 5 nitrogen and oxygen atoms in total. The first-order chi connectivity index (χ1) is 8.04. The topological polar surface area (TPSA) is 84.2 Å². The maximum Gasteiger partial charge on any atom is 0.243 e. The van der Waals surface area contributed by atoms with Crippen LogP contribution in [0.1, 0.15) is 11.1 Å². The maximum atomic E-state index is 11.5. The molecule has 18 heavy (non-hydrogen) atoms. The Labute approximate surface area is 113 Å². The molecule has 0 aliphatic rings. The molecule has 0 aromatic heterocycles. The van der Waals surface area contributed by atoms with Gasteiger partial charge in [-0.25, -0.2) is 0 Å². The van der Waals surface area contributed by atoms with E-state index in [1.807, 2.05) is 32.0 Å². The highest BCUT2D eigenvalue weighted by Gasteiger charge is 2.06. The van der Waals surface area contributed by atoms with Gasteiger partial charge in [0.05, 0.1) is 13.1 Å². The van der Waals surface area contributed by atoms with Gasteiger partial charge in [0, 0.05) is 5.69 Å². The second-order valence-corrected chi connectivity index (χ2v) is 3.78. The monoisotopic (exact) mass is 271 g/mol. The zero-order valence-corrected chi connectivity index (χ0v) is 11.3. The van der Waals surface area contributed by atoms with Crippen LogP contribution in [0.5, 0.6) is 0 Å². The molecule has 100 valence electrons. The van der Waals surface area contributed by atoms with Gasteiger partial charge >= 0.3 is 0 Å². The molecule has 1 aromatic rings. The smallest absolute Gasteiger partial charge is 0.243 e. The normalized spacial score (nSPS) is 9.28. The minimum atomic E-state index is -0.346. The third-order valence-electron chi connectivity index (χ3n) is 2.51. The summed E-state index contributed by atoms with van der Waals surface area (Å²) in [4.78, 5) is 22.4. The molecule has 0 unspecified atom stereocenters. The first-order valence-corrected chi connectivity index (χ1v) is 5.37. The van der Waals surface area contributed by atoms with E-state index in [4.69, 9.17) is 5.73 Å². The van der Waals surface area contributed by atoms with Crippen molar-refractivity contribution in [2.75, 3.05) is 18.4 Å². The number of anilines is 1. The number of halogens is 1. The lowest BCUT2D eigenvalue weighted by molar-refractivity contribution is -0.123. The maximum absolute atomic E-state index is 11.5. The number of amides is 2. The van der Waals surface area contributed by atoms with E-state index in [-0.39, 0.29) is 37.3 Å². The van der Waals surface area contributed by atoms with Crippen molar-refractivity contribution in [3.8, 4) is 0 Å². The quantitative estimate of drug-likeness (QED) is 0.755. The van der Waals surface area contributed by atoms with Crippen molar-refractivity contribution in [2.24, 2.45) is 5.73 Å². The van der Waals surface area contributed by atoms with E-state index in [1.165, 1.54) is 0 Å². The molecule has 0 spiro atoms. The largest absolute Gasteiger partial charge is 0.346 e. The summed E-state index contributed by atoms with van der Waals surface area (Å²) < 4.78 is 0. The predicted molar refractivity (Wildman–Crippen MR) is 73.9 cm³/mol. The van der Waals surface area contributed by atoms with Gasteiger partial charge in [-0.15, -0.1) is 12.4 Å². The van der Waals surface area contributed by atoms with Crippen LogP contribution in [0, 0.1) is 13.8 Å². The van der Waals surface area contributed by atoms with E-state index in [0.717, 1.165) is 16.8 Å². The Balaban J connectivity index is 0.00000289. The molecule has 0 heterocycles. The molecule has 0 aliphatic carbocycles. The number of hydrogen-bond acceptors (Lipinski definition) is 3. The van der Waals surface area contributed by atoms with Gasteiger partial charge in [-0.1, -0.05) is 12.1 Å². The van der Waals surface area contributed by atoms with Crippen molar-refractivity contribution in [1.82, 2.24) is 5.32 Å². The zero-order valence-electron chi connectivity index (χ0n) is 10.4. The van der Waals surface area contributed by atoms with Crippen LogP contribution in [0.2, 0.25) is 0 Å². The molecular weight excluding hydrogens is 254 g/mol. The standard InChI is InChI=1S/C12H17N3O2.ClH/c1-8-4-3-5-10(9(8)2)15-12(17)7-14-11(16)6-13;/h3-5H,6-7,13H2,1-2H3,(H,14,16)(H,15,17);1H. The molecule has 0 saturated carbocycles. The van der Waals surface area contributed by atoms with Gasteiger partial charge in [-0.05, 0) is 31.0 Å². The van der Waals surface area contributed by atoms with Gasteiger partial charge in [-0.2, -0.15) is 0 Å². The highest BCUT2D eigenvalue weighted by molar-refractivity contribution is 5.95. The molecule has 6 heteroatoms. The number of hydrogen-bond donors (Lipinski definition) is 3.